The van der Waals surface area contributed by atoms with E-state index in [1.165, 1.54) is 17.4 Å². The summed E-state index contributed by atoms with van der Waals surface area (Å²) in [5, 5.41) is 2.57. The van der Waals surface area contributed by atoms with Crippen LogP contribution in [0.2, 0.25) is 0 Å². The fourth-order valence-electron chi connectivity index (χ4n) is 1.54. The van der Waals surface area contributed by atoms with Crippen molar-refractivity contribution in [3.63, 3.8) is 0 Å². The first-order valence-electron chi connectivity index (χ1n) is 5.25. The number of aromatic nitrogens is 4. The highest BCUT2D eigenvalue weighted by atomic mass is 32.1. The summed E-state index contributed by atoms with van der Waals surface area (Å²) in [6, 6.07) is 6.89. The zero-order valence-electron chi connectivity index (χ0n) is 9.20. The van der Waals surface area contributed by atoms with Gasteiger partial charge in [-0.15, -0.1) is 11.3 Å². The predicted molar refractivity (Wildman–Crippen MR) is 69.2 cm³/mol. The number of aromatic amines is 1. The highest BCUT2D eigenvalue weighted by Crippen LogP contribution is 2.19. The van der Waals surface area contributed by atoms with Crippen LogP contribution < -0.4 is 5.56 Å². The molecule has 3 heterocycles. The van der Waals surface area contributed by atoms with Crippen LogP contribution in [-0.4, -0.2) is 19.9 Å². The smallest absolute Gasteiger partial charge is 0.251 e. The Labute approximate surface area is 106 Å². The average molecular weight is 256 g/mol. The Hall–Kier alpha value is -2.34. The van der Waals surface area contributed by atoms with E-state index in [1.807, 2.05) is 17.5 Å². The first-order chi connectivity index (χ1) is 8.83. The highest BCUT2D eigenvalue weighted by Gasteiger charge is 2.08. The molecule has 0 unspecified atom stereocenters. The molecule has 0 aliphatic heterocycles. The van der Waals surface area contributed by atoms with Gasteiger partial charge in [0.15, 0.2) is 5.82 Å². The van der Waals surface area contributed by atoms with E-state index in [2.05, 4.69) is 19.9 Å². The van der Waals surface area contributed by atoms with E-state index < -0.39 is 0 Å². The number of thiazole rings is 1. The van der Waals surface area contributed by atoms with Gasteiger partial charge in [0.1, 0.15) is 16.4 Å². The van der Waals surface area contributed by atoms with Crippen LogP contribution in [0.4, 0.5) is 0 Å². The van der Waals surface area contributed by atoms with E-state index >= 15 is 0 Å². The Bertz CT molecular complexity index is 706. The van der Waals surface area contributed by atoms with Crippen LogP contribution in [0.25, 0.3) is 22.2 Å². The van der Waals surface area contributed by atoms with Crippen molar-refractivity contribution in [2.75, 3.05) is 0 Å². The molecule has 0 fully saturated rings. The van der Waals surface area contributed by atoms with E-state index in [-0.39, 0.29) is 5.56 Å². The average Bonchev–Trinajstić information content (AvgIpc) is 2.93. The topological polar surface area (TPSA) is 71.5 Å². The molecule has 3 rings (SSSR count). The van der Waals surface area contributed by atoms with E-state index in [4.69, 9.17) is 0 Å². The first kappa shape index (κ1) is 10.8. The summed E-state index contributed by atoms with van der Waals surface area (Å²) in [6.45, 7) is 0. The van der Waals surface area contributed by atoms with Gasteiger partial charge in [-0.3, -0.25) is 9.78 Å². The summed E-state index contributed by atoms with van der Waals surface area (Å²) >= 11 is 1.44. The molecule has 5 nitrogen and oxygen atoms in total. The number of pyridine rings is 1. The number of hydrogen-bond acceptors (Lipinski definition) is 5. The predicted octanol–water partition coefficient (Wildman–Crippen LogP) is 1.96. The molecule has 0 saturated heterocycles. The molecule has 3 aromatic rings. The normalized spacial score (nSPS) is 10.4. The minimum Gasteiger partial charge on any atom is -0.305 e. The third-order valence-corrected chi connectivity index (χ3v) is 3.10. The molecule has 0 spiro atoms. The maximum atomic E-state index is 11.6. The standard InChI is InChI=1S/C12H8N4OS/c17-10-7-9(12-14-5-6-18-12)15-11(16-10)8-3-1-2-4-13-8/h1-7H,(H,15,16,17). The quantitative estimate of drug-likeness (QED) is 0.760. The lowest BCUT2D eigenvalue weighted by molar-refractivity contribution is 1.10. The van der Waals surface area contributed by atoms with E-state index in [0.29, 0.717) is 17.2 Å². The molecule has 3 aromatic heterocycles. The van der Waals surface area contributed by atoms with Crippen LogP contribution in [0.15, 0.2) is 46.8 Å². The molecule has 18 heavy (non-hydrogen) atoms. The second kappa shape index (κ2) is 4.50. The van der Waals surface area contributed by atoms with Gasteiger partial charge in [0.05, 0.1) is 0 Å². The van der Waals surface area contributed by atoms with Crippen LogP contribution in [-0.2, 0) is 0 Å². The summed E-state index contributed by atoms with van der Waals surface area (Å²) in [6.07, 6.45) is 3.34. The molecule has 0 aliphatic rings. The third-order valence-electron chi connectivity index (χ3n) is 2.30. The van der Waals surface area contributed by atoms with Crippen molar-refractivity contribution < 1.29 is 0 Å². The maximum absolute atomic E-state index is 11.6. The van der Waals surface area contributed by atoms with E-state index in [0.717, 1.165) is 5.01 Å². The van der Waals surface area contributed by atoms with Crippen molar-refractivity contribution in [3.05, 3.63) is 52.4 Å². The fourth-order valence-corrected chi connectivity index (χ4v) is 2.14. The van der Waals surface area contributed by atoms with Crippen LogP contribution in [0.5, 0.6) is 0 Å². The van der Waals surface area contributed by atoms with Crippen molar-refractivity contribution in [2.45, 2.75) is 0 Å². The molecule has 0 bridgehead atoms. The maximum Gasteiger partial charge on any atom is 0.251 e. The minimum atomic E-state index is -0.212. The van der Waals surface area contributed by atoms with Gasteiger partial charge in [0.2, 0.25) is 0 Å². The van der Waals surface area contributed by atoms with Crippen molar-refractivity contribution in [1.29, 1.82) is 0 Å². The summed E-state index contributed by atoms with van der Waals surface area (Å²) in [5.74, 6) is 0.452. The van der Waals surface area contributed by atoms with Crippen molar-refractivity contribution in [2.24, 2.45) is 0 Å². The van der Waals surface area contributed by atoms with Gasteiger partial charge in [0.25, 0.3) is 5.56 Å². The van der Waals surface area contributed by atoms with Gasteiger partial charge in [-0.1, -0.05) is 6.07 Å². The number of H-pyrrole nitrogens is 1. The number of nitrogens with zero attached hydrogens (tertiary/aromatic N) is 3. The summed E-state index contributed by atoms with van der Waals surface area (Å²) in [5.41, 5.74) is 0.985. The minimum absolute atomic E-state index is 0.212. The van der Waals surface area contributed by atoms with E-state index in [1.54, 1.807) is 18.5 Å². The lowest BCUT2D eigenvalue weighted by atomic mass is 10.3. The third kappa shape index (κ3) is 2.05. The van der Waals surface area contributed by atoms with Gasteiger partial charge < -0.3 is 4.98 Å². The highest BCUT2D eigenvalue weighted by molar-refractivity contribution is 7.13. The van der Waals surface area contributed by atoms with Crippen molar-refractivity contribution in [1.82, 2.24) is 19.9 Å². The summed E-state index contributed by atoms with van der Waals surface area (Å²) < 4.78 is 0. The molecule has 0 aliphatic carbocycles. The largest absolute Gasteiger partial charge is 0.305 e. The van der Waals surface area contributed by atoms with E-state index in [9.17, 15) is 4.79 Å². The molecule has 0 atom stereocenters. The summed E-state index contributed by atoms with van der Waals surface area (Å²) in [4.78, 5) is 27.0. The Morgan fingerprint density at radius 3 is 2.78 bits per heavy atom. The molecule has 0 radical (unpaired) electrons. The SMILES string of the molecule is O=c1cc(-c2nccs2)nc(-c2ccccn2)[nH]1. The van der Waals surface area contributed by atoms with Crippen LogP contribution in [0.1, 0.15) is 0 Å². The number of nitrogens with one attached hydrogen (secondary N) is 1. The van der Waals surface area contributed by atoms with Crippen molar-refractivity contribution in [3.8, 4) is 22.2 Å². The van der Waals surface area contributed by atoms with Crippen LogP contribution >= 0.6 is 11.3 Å². The first-order valence-corrected chi connectivity index (χ1v) is 6.13. The molecule has 88 valence electrons. The van der Waals surface area contributed by atoms with Gasteiger partial charge in [-0.05, 0) is 12.1 Å². The Kier molecular flexibility index (Phi) is 2.70. The molecular weight excluding hydrogens is 248 g/mol. The molecule has 0 saturated carbocycles. The van der Waals surface area contributed by atoms with Crippen LogP contribution in [0.3, 0.4) is 0 Å². The Morgan fingerprint density at radius 2 is 2.06 bits per heavy atom. The second-order valence-electron chi connectivity index (χ2n) is 3.53. The molecule has 0 amide bonds. The van der Waals surface area contributed by atoms with Gasteiger partial charge >= 0.3 is 0 Å². The monoisotopic (exact) mass is 256 g/mol. The van der Waals surface area contributed by atoms with Crippen LogP contribution in [0, 0.1) is 0 Å². The summed E-state index contributed by atoms with van der Waals surface area (Å²) in [7, 11) is 0. The van der Waals surface area contributed by atoms with Gasteiger partial charge in [-0.25, -0.2) is 9.97 Å². The molecular formula is C12H8N4OS. The zero-order chi connectivity index (χ0) is 12.4. The number of hydrogen-bond donors (Lipinski definition) is 1. The molecule has 0 aromatic carbocycles. The second-order valence-corrected chi connectivity index (χ2v) is 4.43. The van der Waals surface area contributed by atoms with Crippen molar-refractivity contribution >= 4 is 11.3 Å². The van der Waals surface area contributed by atoms with Gasteiger partial charge in [-0.2, -0.15) is 0 Å². The zero-order valence-corrected chi connectivity index (χ0v) is 10.0. The Balaban J connectivity index is 2.15. The lowest BCUT2D eigenvalue weighted by Crippen LogP contribution is -2.09. The fraction of sp³-hybridized carbons (Fsp3) is 0. The molecule has 6 heteroatoms. The van der Waals surface area contributed by atoms with Gasteiger partial charge in [0, 0.05) is 23.8 Å². The molecule has 1 N–H and O–H groups in total. The number of rotatable bonds is 2. The lowest BCUT2D eigenvalue weighted by Gasteiger charge is -2.01. The Morgan fingerprint density at radius 1 is 1.11 bits per heavy atom.